The maximum Gasteiger partial charge on any atom is 0.266 e. The number of rotatable bonds is 3. The van der Waals surface area contributed by atoms with Crippen molar-refractivity contribution in [1.29, 1.82) is 0 Å². The van der Waals surface area contributed by atoms with Gasteiger partial charge < -0.3 is 0 Å². The summed E-state index contributed by atoms with van der Waals surface area (Å²) >= 11 is 0. The average Bonchev–Trinajstić information content (AvgIpc) is 2.37. The van der Waals surface area contributed by atoms with Crippen molar-refractivity contribution in [3.05, 3.63) is 39.8 Å². The number of carbonyl (C=O) groups is 2. The number of nitrogens with two attached hydrogens (primary N) is 2. The van der Waals surface area contributed by atoms with Gasteiger partial charge in [-0.25, -0.2) is 11.7 Å². The molecule has 88 valence electrons. The summed E-state index contributed by atoms with van der Waals surface area (Å²) in [5.74, 6) is 8.50. The smallest absolute Gasteiger partial charge is 0.266 e. The van der Waals surface area contributed by atoms with Crippen molar-refractivity contribution in [2.75, 3.05) is 0 Å². The minimum absolute atomic E-state index is 0.0171. The Labute approximate surface area is 95.3 Å². The highest BCUT2D eigenvalue weighted by molar-refractivity contribution is 6.10. The third-order valence-electron chi connectivity index (χ3n) is 1.93. The Hall–Kier alpha value is -2.61. The van der Waals surface area contributed by atoms with E-state index in [1.54, 1.807) is 0 Å². The van der Waals surface area contributed by atoms with Gasteiger partial charge in [-0.3, -0.25) is 20.4 Å². The molecule has 0 bridgehead atoms. The first-order chi connectivity index (χ1) is 8.15. The van der Waals surface area contributed by atoms with E-state index < -0.39 is 11.8 Å². The number of carbonyl (C=O) groups excluding carboxylic acids is 2. The van der Waals surface area contributed by atoms with E-state index in [-0.39, 0.29) is 16.8 Å². The van der Waals surface area contributed by atoms with Crippen LogP contribution in [0.25, 0.3) is 10.4 Å². The van der Waals surface area contributed by atoms with Crippen LogP contribution in [0.15, 0.2) is 23.3 Å². The Bertz CT molecular complexity index is 507. The molecular formula is C8H9N7O2. The van der Waals surface area contributed by atoms with Crippen LogP contribution in [0.1, 0.15) is 20.7 Å². The zero-order valence-electron chi connectivity index (χ0n) is 8.54. The van der Waals surface area contributed by atoms with E-state index in [9.17, 15) is 9.59 Å². The summed E-state index contributed by atoms with van der Waals surface area (Å²) in [6.45, 7) is 0. The number of nitrogens with zero attached hydrogens (tertiary/aromatic N) is 3. The monoisotopic (exact) mass is 235 g/mol. The number of hydrogen-bond donors (Lipinski definition) is 4. The van der Waals surface area contributed by atoms with Gasteiger partial charge >= 0.3 is 0 Å². The largest absolute Gasteiger partial charge is 0.290 e. The molecule has 0 aliphatic heterocycles. The maximum atomic E-state index is 11.5. The van der Waals surface area contributed by atoms with Crippen molar-refractivity contribution >= 4 is 17.5 Å². The summed E-state index contributed by atoms with van der Waals surface area (Å²) in [5, 5.41) is 3.30. The van der Waals surface area contributed by atoms with Crippen LogP contribution in [-0.2, 0) is 0 Å². The lowest BCUT2D eigenvalue weighted by molar-refractivity contribution is 0.0920. The van der Waals surface area contributed by atoms with Crippen LogP contribution in [0.5, 0.6) is 0 Å². The lowest BCUT2D eigenvalue weighted by Crippen LogP contribution is -2.35. The summed E-state index contributed by atoms with van der Waals surface area (Å²) < 4.78 is 0. The van der Waals surface area contributed by atoms with Gasteiger partial charge in [0.05, 0.1) is 16.8 Å². The van der Waals surface area contributed by atoms with Gasteiger partial charge in [-0.1, -0.05) is 17.2 Å². The van der Waals surface area contributed by atoms with Crippen LogP contribution in [-0.4, -0.2) is 11.8 Å². The van der Waals surface area contributed by atoms with Crippen molar-refractivity contribution < 1.29 is 9.59 Å². The maximum absolute atomic E-state index is 11.5. The molecule has 0 aromatic heterocycles. The molecule has 0 aliphatic carbocycles. The van der Waals surface area contributed by atoms with Crippen LogP contribution in [0.4, 0.5) is 5.69 Å². The Kier molecular flexibility index (Phi) is 4.01. The Morgan fingerprint density at radius 1 is 1.24 bits per heavy atom. The van der Waals surface area contributed by atoms with E-state index in [4.69, 9.17) is 17.2 Å². The van der Waals surface area contributed by atoms with E-state index in [1.165, 1.54) is 18.2 Å². The normalized spacial score (nSPS) is 9.06. The van der Waals surface area contributed by atoms with E-state index in [0.29, 0.717) is 0 Å². The van der Waals surface area contributed by atoms with Crippen LogP contribution >= 0.6 is 0 Å². The molecule has 0 radical (unpaired) electrons. The second-order valence-corrected chi connectivity index (χ2v) is 2.84. The highest BCUT2D eigenvalue weighted by Crippen LogP contribution is 2.23. The number of hydrazine groups is 2. The fraction of sp³-hybridized carbons (Fsp3) is 0. The molecule has 6 N–H and O–H groups in total. The number of amides is 2. The molecule has 9 nitrogen and oxygen atoms in total. The molecule has 0 spiro atoms. The predicted molar refractivity (Wildman–Crippen MR) is 58.6 cm³/mol. The number of nitrogen functional groups attached to an aromatic ring is 2. The lowest BCUT2D eigenvalue weighted by Gasteiger charge is -2.09. The van der Waals surface area contributed by atoms with Crippen LogP contribution in [0.2, 0.25) is 0 Å². The fourth-order valence-corrected chi connectivity index (χ4v) is 1.25. The summed E-state index contributed by atoms with van der Waals surface area (Å²) in [6, 6.07) is 4.17. The van der Waals surface area contributed by atoms with Gasteiger partial charge in [-0.15, -0.1) is 0 Å². The molecule has 0 unspecified atom stereocenters. The quantitative estimate of drug-likeness (QED) is 0.143. The Morgan fingerprint density at radius 3 is 2.41 bits per heavy atom. The standard InChI is InChI=1S/C8H9N7O2/c9-12-7(16)4-2-1-3-5(14-15-11)6(4)8(17)13-10/h1-3H,9-10H2,(H,12,16)(H,13,17). The molecule has 17 heavy (non-hydrogen) atoms. The number of nitrogens with one attached hydrogen (secondary N) is 2. The van der Waals surface area contributed by atoms with Gasteiger partial charge in [-0.2, -0.15) is 0 Å². The zero-order valence-corrected chi connectivity index (χ0v) is 8.54. The number of hydrogen-bond acceptors (Lipinski definition) is 5. The minimum atomic E-state index is -0.758. The fourth-order valence-electron chi connectivity index (χ4n) is 1.25. The molecule has 0 saturated heterocycles. The molecule has 1 aromatic rings. The molecule has 1 rings (SSSR count). The molecule has 0 fully saturated rings. The molecule has 9 heteroatoms. The molecule has 2 amide bonds. The molecule has 0 saturated carbocycles. The zero-order chi connectivity index (χ0) is 12.8. The second kappa shape index (κ2) is 5.47. The van der Waals surface area contributed by atoms with Crippen molar-refractivity contribution in [3.8, 4) is 0 Å². The second-order valence-electron chi connectivity index (χ2n) is 2.84. The molecule has 0 atom stereocenters. The summed E-state index contributed by atoms with van der Waals surface area (Å²) in [5.41, 5.74) is 11.9. The van der Waals surface area contributed by atoms with Crippen LogP contribution < -0.4 is 22.5 Å². The van der Waals surface area contributed by atoms with E-state index in [2.05, 4.69) is 10.0 Å². The van der Waals surface area contributed by atoms with Crippen LogP contribution in [0, 0.1) is 0 Å². The van der Waals surface area contributed by atoms with Gasteiger partial charge in [-0.05, 0) is 11.6 Å². The third-order valence-corrected chi connectivity index (χ3v) is 1.93. The first-order valence-electron chi connectivity index (χ1n) is 4.35. The third kappa shape index (κ3) is 2.49. The average molecular weight is 235 g/mol. The van der Waals surface area contributed by atoms with E-state index in [0.717, 1.165) is 0 Å². The molecule has 0 aliphatic rings. The van der Waals surface area contributed by atoms with E-state index >= 15 is 0 Å². The summed E-state index contributed by atoms with van der Waals surface area (Å²) in [4.78, 5) is 25.5. The van der Waals surface area contributed by atoms with Crippen molar-refractivity contribution in [1.82, 2.24) is 10.9 Å². The van der Waals surface area contributed by atoms with Crippen LogP contribution in [0.3, 0.4) is 0 Å². The predicted octanol–water partition coefficient (Wildman–Crippen LogP) is -0.165. The van der Waals surface area contributed by atoms with Gasteiger partial charge in [0.15, 0.2) is 0 Å². The topological polar surface area (TPSA) is 159 Å². The molecule has 0 heterocycles. The Morgan fingerprint density at radius 2 is 1.88 bits per heavy atom. The van der Waals surface area contributed by atoms with Crippen molar-refractivity contribution in [2.45, 2.75) is 0 Å². The van der Waals surface area contributed by atoms with Crippen molar-refractivity contribution in [3.63, 3.8) is 0 Å². The molecule has 1 aromatic carbocycles. The SMILES string of the molecule is [N-]=[N+]=Nc1cccc(C(=O)NN)c1C(=O)NN. The van der Waals surface area contributed by atoms with Gasteiger partial charge in [0.2, 0.25) is 0 Å². The highest BCUT2D eigenvalue weighted by atomic mass is 16.2. The molecular weight excluding hydrogens is 226 g/mol. The van der Waals surface area contributed by atoms with Crippen molar-refractivity contribution in [2.24, 2.45) is 16.8 Å². The lowest BCUT2D eigenvalue weighted by atomic mass is 10.0. The summed E-state index contributed by atoms with van der Waals surface area (Å²) in [6.07, 6.45) is 0. The number of benzene rings is 1. The van der Waals surface area contributed by atoms with Gasteiger partial charge in [0.1, 0.15) is 0 Å². The first kappa shape index (κ1) is 12.5. The summed E-state index contributed by atoms with van der Waals surface area (Å²) in [7, 11) is 0. The number of azide groups is 1. The Balaban J connectivity index is 3.49. The first-order valence-corrected chi connectivity index (χ1v) is 4.35. The highest BCUT2D eigenvalue weighted by Gasteiger charge is 2.19. The van der Waals surface area contributed by atoms with Gasteiger partial charge in [0, 0.05) is 4.91 Å². The van der Waals surface area contributed by atoms with E-state index in [1.807, 2.05) is 10.9 Å². The van der Waals surface area contributed by atoms with Gasteiger partial charge in [0.25, 0.3) is 11.8 Å². The minimum Gasteiger partial charge on any atom is -0.290 e.